The summed E-state index contributed by atoms with van der Waals surface area (Å²) in [6, 6.07) is 0. The molecule has 0 aromatic carbocycles. The van der Waals surface area contributed by atoms with E-state index >= 15 is 0 Å². The van der Waals surface area contributed by atoms with Crippen LogP contribution in [0.25, 0.3) is 0 Å². The lowest BCUT2D eigenvalue weighted by Crippen LogP contribution is -2.37. The largest absolute Gasteiger partial charge is 0.472 e. The van der Waals surface area contributed by atoms with Crippen molar-refractivity contribution in [3.8, 4) is 0 Å². The molecule has 0 spiro atoms. The standard InChI is InChI=1S/C51H104NO7P/c1-6-8-10-12-14-16-18-20-22-23-24-25-26-27-28-29-30-31-33-35-37-39-41-43-46-56-48-50(49-58-60(54,55)57-47-45-52(3,4)5)59-51(53)44-42-40-38-36-34-32-21-19-17-15-13-11-9-7-2/h50H,6-49H2,1-5H3/p+1. The Hall–Kier alpha value is -0.500. The molecule has 0 amide bonds. The molecular formula is C51H105NO7P+. The van der Waals surface area contributed by atoms with Gasteiger partial charge in [-0.05, 0) is 12.8 Å². The van der Waals surface area contributed by atoms with Crippen LogP contribution in [0.4, 0.5) is 0 Å². The van der Waals surface area contributed by atoms with Gasteiger partial charge in [0, 0.05) is 13.0 Å². The van der Waals surface area contributed by atoms with Crippen LogP contribution in [-0.4, -0.2) is 75.6 Å². The molecule has 0 heterocycles. The summed E-state index contributed by atoms with van der Waals surface area (Å²) in [5, 5.41) is 0. The van der Waals surface area contributed by atoms with Crippen LogP contribution in [0.2, 0.25) is 0 Å². The van der Waals surface area contributed by atoms with E-state index < -0.39 is 13.9 Å². The Morgan fingerprint density at radius 2 is 0.767 bits per heavy atom. The molecule has 9 heteroatoms. The second kappa shape index (κ2) is 45.1. The van der Waals surface area contributed by atoms with Crippen LogP contribution in [0.5, 0.6) is 0 Å². The summed E-state index contributed by atoms with van der Waals surface area (Å²) in [7, 11) is 1.69. The van der Waals surface area contributed by atoms with Crippen molar-refractivity contribution in [2.45, 2.75) is 270 Å². The Kier molecular flexibility index (Phi) is 44.7. The Bertz CT molecular complexity index is 930. The molecule has 0 rings (SSSR count). The van der Waals surface area contributed by atoms with Crippen LogP contribution in [0.1, 0.15) is 264 Å². The number of nitrogens with zero attached hydrogens (tertiary/aromatic N) is 1. The molecular weight excluding hydrogens is 770 g/mol. The van der Waals surface area contributed by atoms with Crippen LogP contribution in [0.3, 0.4) is 0 Å². The van der Waals surface area contributed by atoms with E-state index in [1.807, 2.05) is 21.1 Å². The Morgan fingerprint density at radius 1 is 0.450 bits per heavy atom. The number of phosphoric acid groups is 1. The summed E-state index contributed by atoms with van der Waals surface area (Å²) in [5.41, 5.74) is 0. The molecule has 0 aromatic rings. The fourth-order valence-electron chi connectivity index (χ4n) is 7.85. The molecule has 0 radical (unpaired) electrons. The Morgan fingerprint density at radius 3 is 1.10 bits per heavy atom. The zero-order chi connectivity index (χ0) is 44.1. The van der Waals surface area contributed by atoms with Gasteiger partial charge in [0.25, 0.3) is 0 Å². The highest BCUT2D eigenvalue weighted by molar-refractivity contribution is 7.47. The fraction of sp³-hybridized carbons (Fsp3) is 0.980. The summed E-state index contributed by atoms with van der Waals surface area (Å²) in [6.07, 6.45) is 50.1. The average Bonchev–Trinajstić information content (AvgIpc) is 3.20. The third-order valence-electron chi connectivity index (χ3n) is 11.9. The van der Waals surface area contributed by atoms with E-state index in [0.29, 0.717) is 24.1 Å². The molecule has 0 saturated heterocycles. The fourth-order valence-corrected chi connectivity index (χ4v) is 8.59. The molecule has 60 heavy (non-hydrogen) atoms. The summed E-state index contributed by atoms with van der Waals surface area (Å²) < 4.78 is 35.2. The van der Waals surface area contributed by atoms with Crippen molar-refractivity contribution >= 4 is 13.8 Å². The maximum Gasteiger partial charge on any atom is 0.472 e. The van der Waals surface area contributed by atoms with Crippen molar-refractivity contribution in [2.24, 2.45) is 0 Å². The predicted octanol–water partition coefficient (Wildman–Crippen LogP) is 16.0. The third-order valence-corrected chi connectivity index (χ3v) is 12.9. The summed E-state index contributed by atoms with van der Waals surface area (Å²) in [5.74, 6) is -0.306. The molecule has 2 unspecified atom stereocenters. The van der Waals surface area contributed by atoms with E-state index in [9.17, 15) is 14.3 Å². The van der Waals surface area contributed by atoms with Gasteiger partial charge in [0.15, 0.2) is 0 Å². The highest BCUT2D eigenvalue weighted by Gasteiger charge is 2.26. The first-order valence-corrected chi connectivity index (χ1v) is 27.8. The number of phosphoric ester groups is 1. The van der Waals surface area contributed by atoms with Crippen molar-refractivity contribution in [3.05, 3.63) is 0 Å². The lowest BCUT2D eigenvalue weighted by Gasteiger charge is -2.24. The summed E-state index contributed by atoms with van der Waals surface area (Å²) in [4.78, 5) is 23.0. The van der Waals surface area contributed by atoms with Crippen LogP contribution in [0.15, 0.2) is 0 Å². The molecule has 8 nitrogen and oxygen atoms in total. The molecule has 1 N–H and O–H groups in total. The number of ether oxygens (including phenoxy) is 2. The molecule has 0 aliphatic rings. The van der Waals surface area contributed by atoms with Gasteiger partial charge in [0.1, 0.15) is 19.3 Å². The van der Waals surface area contributed by atoms with Gasteiger partial charge in [-0.15, -0.1) is 0 Å². The van der Waals surface area contributed by atoms with Gasteiger partial charge in [-0.1, -0.05) is 245 Å². The number of likely N-dealkylation sites (N-methyl/N-ethyl adjacent to an activating group) is 1. The van der Waals surface area contributed by atoms with Gasteiger partial charge in [0.05, 0.1) is 34.4 Å². The van der Waals surface area contributed by atoms with Crippen LogP contribution in [-0.2, 0) is 27.9 Å². The Balaban J connectivity index is 4.01. The smallest absolute Gasteiger partial charge is 0.457 e. The van der Waals surface area contributed by atoms with Crippen molar-refractivity contribution in [1.29, 1.82) is 0 Å². The molecule has 0 aliphatic carbocycles. The van der Waals surface area contributed by atoms with Crippen molar-refractivity contribution in [1.82, 2.24) is 0 Å². The number of hydrogen-bond acceptors (Lipinski definition) is 6. The Labute approximate surface area is 374 Å². The number of quaternary nitrogens is 1. The number of esters is 1. The van der Waals surface area contributed by atoms with E-state index in [2.05, 4.69) is 13.8 Å². The van der Waals surface area contributed by atoms with Crippen LogP contribution in [0, 0.1) is 0 Å². The number of unbranched alkanes of at least 4 members (excludes halogenated alkanes) is 36. The zero-order valence-corrected chi connectivity index (χ0v) is 41.9. The van der Waals surface area contributed by atoms with Gasteiger partial charge in [0.2, 0.25) is 0 Å². The van der Waals surface area contributed by atoms with E-state index in [0.717, 1.165) is 32.1 Å². The van der Waals surface area contributed by atoms with Gasteiger partial charge in [-0.2, -0.15) is 0 Å². The van der Waals surface area contributed by atoms with Gasteiger partial charge in [-0.25, -0.2) is 4.57 Å². The van der Waals surface area contributed by atoms with E-state index in [1.54, 1.807) is 0 Å². The lowest BCUT2D eigenvalue weighted by molar-refractivity contribution is -0.870. The molecule has 360 valence electrons. The number of hydrogen-bond donors (Lipinski definition) is 1. The van der Waals surface area contributed by atoms with Crippen LogP contribution < -0.4 is 0 Å². The molecule has 0 aliphatic heterocycles. The van der Waals surface area contributed by atoms with E-state index in [1.165, 1.54) is 212 Å². The van der Waals surface area contributed by atoms with E-state index in [-0.39, 0.29) is 25.8 Å². The first-order valence-electron chi connectivity index (χ1n) is 26.3. The van der Waals surface area contributed by atoms with Gasteiger partial charge >= 0.3 is 13.8 Å². The molecule has 2 atom stereocenters. The zero-order valence-electron chi connectivity index (χ0n) is 41.0. The quantitative estimate of drug-likeness (QED) is 0.0282. The average molecular weight is 875 g/mol. The minimum absolute atomic E-state index is 0.0942. The predicted molar refractivity (Wildman–Crippen MR) is 257 cm³/mol. The van der Waals surface area contributed by atoms with Crippen LogP contribution >= 0.6 is 7.82 Å². The third kappa shape index (κ3) is 48.5. The number of carbonyl (C=O) groups is 1. The summed E-state index contributed by atoms with van der Waals surface area (Å²) in [6.45, 7) is 5.70. The van der Waals surface area contributed by atoms with Crippen molar-refractivity contribution < 1.29 is 37.3 Å². The van der Waals surface area contributed by atoms with E-state index in [4.69, 9.17) is 18.5 Å². The number of carbonyl (C=O) groups excluding carboxylic acids is 1. The van der Waals surface area contributed by atoms with Gasteiger partial charge < -0.3 is 18.9 Å². The first kappa shape index (κ1) is 59.5. The summed E-state index contributed by atoms with van der Waals surface area (Å²) >= 11 is 0. The second-order valence-electron chi connectivity index (χ2n) is 19.3. The molecule has 0 fully saturated rings. The monoisotopic (exact) mass is 875 g/mol. The number of rotatable bonds is 50. The molecule has 0 saturated carbocycles. The maximum absolute atomic E-state index is 12.7. The minimum Gasteiger partial charge on any atom is -0.457 e. The van der Waals surface area contributed by atoms with Gasteiger partial charge in [-0.3, -0.25) is 13.8 Å². The van der Waals surface area contributed by atoms with Crippen molar-refractivity contribution in [2.75, 3.05) is 54.1 Å². The molecule has 0 bridgehead atoms. The highest BCUT2D eigenvalue weighted by atomic mass is 31.2. The highest BCUT2D eigenvalue weighted by Crippen LogP contribution is 2.43. The topological polar surface area (TPSA) is 91.3 Å². The normalized spacial score (nSPS) is 13.5. The molecule has 0 aromatic heterocycles. The maximum atomic E-state index is 12.7. The SMILES string of the molecule is CCCCCCCCCCCCCCCCCCCCCCCCCCOCC(COP(=O)(O)OCC[N+](C)(C)C)OC(=O)CCCCCCCCCCCCCCCC. The first-order chi connectivity index (χ1) is 29.1. The second-order valence-corrected chi connectivity index (χ2v) is 20.7. The minimum atomic E-state index is -4.27. The lowest BCUT2D eigenvalue weighted by atomic mass is 10.0. The van der Waals surface area contributed by atoms with Crippen molar-refractivity contribution in [3.63, 3.8) is 0 Å².